The van der Waals surface area contributed by atoms with Crippen molar-refractivity contribution in [2.45, 2.75) is 55.4 Å². The molecular formula is C22H30O2. The van der Waals surface area contributed by atoms with E-state index in [1.54, 1.807) is 0 Å². The molecular weight excluding hydrogens is 296 g/mol. The van der Waals surface area contributed by atoms with Gasteiger partial charge < -0.3 is 0 Å². The number of allylic oxidation sites excluding steroid dienone is 8. The Hall–Kier alpha value is -1.70. The van der Waals surface area contributed by atoms with Gasteiger partial charge in [0.1, 0.15) is 0 Å². The predicted octanol–water partition coefficient (Wildman–Crippen LogP) is 5.22. The van der Waals surface area contributed by atoms with Crippen LogP contribution in [0.1, 0.15) is 55.4 Å². The largest absolute Gasteiger partial charge is 0.289 e. The summed E-state index contributed by atoms with van der Waals surface area (Å²) in [4.78, 5) is 25.0. The Morgan fingerprint density at radius 1 is 0.625 bits per heavy atom. The average molecular weight is 326 g/mol. The highest BCUT2D eigenvalue weighted by atomic mass is 16.1. The van der Waals surface area contributed by atoms with Crippen LogP contribution in [-0.2, 0) is 9.59 Å². The summed E-state index contributed by atoms with van der Waals surface area (Å²) in [5.74, 6) is 0.535. The molecule has 2 aliphatic carbocycles. The number of ketones is 2. The van der Waals surface area contributed by atoms with Gasteiger partial charge in [0.25, 0.3) is 0 Å². The van der Waals surface area contributed by atoms with E-state index in [2.05, 4.69) is 53.7 Å². The molecule has 0 aromatic rings. The monoisotopic (exact) mass is 326 g/mol. The number of rotatable bonds is 1. The van der Waals surface area contributed by atoms with E-state index < -0.39 is 0 Å². The summed E-state index contributed by atoms with van der Waals surface area (Å²) >= 11 is 0. The SMILES string of the molecule is CC1=CC(C2C=C(C(C)(C)C)C(=O)C(C(C)(C)C)=C2)C=C(C)C1=O. The Labute approximate surface area is 146 Å². The molecule has 0 atom stereocenters. The van der Waals surface area contributed by atoms with E-state index in [4.69, 9.17) is 0 Å². The summed E-state index contributed by atoms with van der Waals surface area (Å²) in [7, 11) is 0. The van der Waals surface area contributed by atoms with Gasteiger partial charge in [-0.25, -0.2) is 0 Å². The van der Waals surface area contributed by atoms with Crippen LogP contribution in [0.15, 0.2) is 46.6 Å². The summed E-state index contributed by atoms with van der Waals surface area (Å²) in [6, 6.07) is 0. The topological polar surface area (TPSA) is 34.1 Å². The van der Waals surface area contributed by atoms with Gasteiger partial charge in [0, 0.05) is 23.0 Å². The van der Waals surface area contributed by atoms with Gasteiger partial charge in [0.2, 0.25) is 0 Å². The Bertz CT molecular complexity index is 641. The molecule has 0 saturated heterocycles. The van der Waals surface area contributed by atoms with Gasteiger partial charge in [0.05, 0.1) is 0 Å². The molecule has 2 aliphatic rings. The Morgan fingerprint density at radius 3 is 1.29 bits per heavy atom. The number of hydrogen-bond acceptors (Lipinski definition) is 2. The van der Waals surface area contributed by atoms with Crippen molar-refractivity contribution in [2.75, 3.05) is 0 Å². The Morgan fingerprint density at radius 2 is 0.958 bits per heavy atom. The lowest BCUT2D eigenvalue weighted by atomic mass is 9.68. The zero-order valence-corrected chi connectivity index (χ0v) is 16.3. The summed E-state index contributed by atoms with van der Waals surface area (Å²) in [5.41, 5.74) is 2.98. The van der Waals surface area contributed by atoms with Crippen LogP contribution in [0.3, 0.4) is 0 Å². The third kappa shape index (κ3) is 3.53. The maximum absolute atomic E-state index is 13.0. The quantitative estimate of drug-likeness (QED) is 0.662. The van der Waals surface area contributed by atoms with Crippen molar-refractivity contribution >= 4 is 11.6 Å². The smallest absolute Gasteiger partial charge is 0.185 e. The Balaban J connectivity index is 2.55. The molecule has 130 valence electrons. The normalized spacial score (nSPS) is 21.3. The third-order valence-corrected chi connectivity index (χ3v) is 4.87. The minimum atomic E-state index is -0.192. The summed E-state index contributed by atoms with van der Waals surface area (Å²) in [6.45, 7) is 16.3. The zero-order chi connectivity index (χ0) is 18.4. The standard InChI is InChI=1S/C22H30O2/c1-13-9-15(10-14(2)19(13)23)16-11-17(21(3,4)5)20(24)18(12-16)22(6,7)8/h9-12,15-16H,1-8H3. The van der Waals surface area contributed by atoms with Gasteiger partial charge in [-0.2, -0.15) is 0 Å². The van der Waals surface area contributed by atoms with Crippen LogP contribution in [0.4, 0.5) is 0 Å². The van der Waals surface area contributed by atoms with E-state index in [0.717, 1.165) is 22.3 Å². The van der Waals surface area contributed by atoms with E-state index in [9.17, 15) is 9.59 Å². The molecule has 2 rings (SSSR count). The molecule has 0 spiro atoms. The maximum Gasteiger partial charge on any atom is 0.185 e. The van der Waals surface area contributed by atoms with Crippen LogP contribution in [0.5, 0.6) is 0 Å². The first-order valence-corrected chi connectivity index (χ1v) is 8.73. The number of carbonyl (C=O) groups excluding carboxylic acids is 2. The van der Waals surface area contributed by atoms with Gasteiger partial charge in [-0.3, -0.25) is 9.59 Å². The van der Waals surface area contributed by atoms with Crippen molar-refractivity contribution in [1.82, 2.24) is 0 Å². The fraction of sp³-hybridized carbons (Fsp3) is 0.545. The van der Waals surface area contributed by atoms with Crippen molar-refractivity contribution in [3.63, 3.8) is 0 Å². The zero-order valence-electron chi connectivity index (χ0n) is 16.3. The lowest BCUT2D eigenvalue weighted by molar-refractivity contribution is -0.114. The van der Waals surface area contributed by atoms with Crippen molar-refractivity contribution in [2.24, 2.45) is 22.7 Å². The molecule has 24 heavy (non-hydrogen) atoms. The number of hydrogen-bond donors (Lipinski definition) is 0. The highest BCUT2D eigenvalue weighted by molar-refractivity contribution is 6.11. The van der Waals surface area contributed by atoms with Crippen LogP contribution in [0, 0.1) is 22.7 Å². The molecule has 0 unspecified atom stereocenters. The third-order valence-electron chi connectivity index (χ3n) is 4.87. The lowest BCUT2D eigenvalue weighted by Gasteiger charge is -2.35. The maximum atomic E-state index is 13.0. The minimum Gasteiger partial charge on any atom is -0.289 e. The average Bonchev–Trinajstić information content (AvgIpc) is 2.41. The van der Waals surface area contributed by atoms with Crippen molar-refractivity contribution in [1.29, 1.82) is 0 Å². The fourth-order valence-corrected chi connectivity index (χ4v) is 3.44. The van der Waals surface area contributed by atoms with E-state index in [-0.39, 0.29) is 34.2 Å². The molecule has 0 aliphatic heterocycles. The molecule has 0 heterocycles. The minimum absolute atomic E-state index is 0.115. The van der Waals surface area contributed by atoms with Gasteiger partial charge >= 0.3 is 0 Å². The first-order chi connectivity index (χ1) is 10.8. The number of carbonyl (C=O) groups is 2. The van der Waals surface area contributed by atoms with Crippen molar-refractivity contribution in [3.8, 4) is 0 Å². The van der Waals surface area contributed by atoms with E-state index in [1.165, 1.54) is 0 Å². The van der Waals surface area contributed by atoms with Crippen LogP contribution >= 0.6 is 0 Å². The molecule has 0 saturated carbocycles. The lowest BCUT2D eigenvalue weighted by Crippen LogP contribution is -2.31. The molecule has 0 radical (unpaired) electrons. The van der Waals surface area contributed by atoms with Crippen LogP contribution < -0.4 is 0 Å². The van der Waals surface area contributed by atoms with E-state index in [1.807, 2.05) is 26.0 Å². The molecule has 2 nitrogen and oxygen atoms in total. The number of Topliss-reactive ketones (excluding diaryl/α,β-unsaturated/α-hetero) is 2. The fourth-order valence-electron chi connectivity index (χ4n) is 3.44. The van der Waals surface area contributed by atoms with Gasteiger partial charge in [-0.15, -0.1) is 0 Å². The molecule has 0 aromatic heterocycles. The second-order valence-corrected chi connectivity index (χ2v) is 9.17. The van der Waals surface area contributed by atoms with E-state index in [0.29, 0.717) is 0 Å². The molecule has 0 bridgehead atoms. The van der Waals surface area contributed by atoms with Gasteiger partial charge in [0.15, 0.2) is 11.6 Å². The summed E-state index contributed by atoms with van der Waals surface area (Å²) < 4.78 is 0. The molecule has 2 heteroatoms. The first kappa shape index (κ1) is 18.6. The van der Waals surface area contributed by atoms with Crippen LogP contribution in [-0.4, -0.2) is 11.6 Å². The molecule has 0 aromatic carbocycles. The summed E-state index contributed by atoms with van der Waals surface area (Å²) in [6.07, 6.45) is 8.32. The van der Waals surface area contributed by atoms with Gasteiger partial charge in [-0.1, -0.05) is 65.8 Å². The molecule has 0 fully saturated rings. The second-order valence-electron chi connectivity index (χ2n) is 9.17. The second kappa shape index (κ2) is 5.98. The van der Waals surface area contributed by atoms with Crippen molar-refractivity contribution < 1.29 is 9.59 Å². The molecule has 0 N–H and O–H groups in total. The van der Waals surface area contributed by atoms with Crippen LogP contribution in [0.25, 0.3) is 0 Å². The van der Waals surface area contributed by atoms with Crippen molar-refractivity contribution in [3.05, 3.63) is 46.6 Å². The first-order valence-electron chi connectivity index (χ1n) is 8.73. The van der Waals surface area contributed by atoms with E-state index >= 15 is 0 Å². The molecule has 0 amide bonds. The Kier molecular flexibility index (Phi) is 4.65. The van der Waals surface area contributed by atoms with Crippen LogP contribution in [0.2, 0.25) is 0 Å². The highest BCUT2D eigenvalue weighted by Crippen LogP contribution is 2.41. The predicted molar refractivity (Wildman–Crippen MR) is 99.6 cm³/mol. The summed E-state index contributed by atoms with van der Waals surface area (Å²) in [5, 5.41) is 0. The van der Waals surface area contributed by atoms with Gasteiger partial charge in [-0.05, 0) is 35.8 Å². The highest BCUT2D eigenvalue weighted by Gasteiger charge is 2.36.